The third kappa shape index (κ3) is 4.75. The van der Waals surface area contributed by atoms with E-state index in [1.54, 1.807) is 17.0 Å². The molecule has 0 fully saturated rings. The van der Waals surface area contributed by atoms with Gasteiger partial charge in [0.15, 0.2) is 0 Å². The van der Waals surface area contributed by atoms with E-state index in [9.17, 15) is 4.79 Å². The van der Waals surface area contributed by atoms with Crippen LogP contribution in [0.1, 0.15) is 13.8 Å². The van der Waals surface area contributed by atoms with Gasteiger partial charge in [-0.1, -0.05) is 13.8 Å². The van der Waals surface area contributed by atoms with Crippen LogP contribution >= 0.6 is 11.6 Å². The van der Waals surface area contributed by atoms with Crippen LogP contribution in [0.25, 0.3) is 0 Å². The van der Waals surface area contributed by atoms with Crippen LogP contribution < -0.4 is 5.32 Å². The second kappa shape index (κ2) is 7.29. The number of halogens is 1. The van der Waals surface area contributed by atoms with Gasteiger partial charge in [-0.3, -0.25) is 4.79 Å². The molecule has 1 amide bonds. The molecule has 96 valence electrons. The maximum absolute atomic E-state index is 11.6. The van der Waals surface area contributed by atoms with E-state index in [0.717, 1.165) is 19.6 Å². The number of carbonyl (C=O) groups excluding carboxylic acids is 1. The van der Waals surface area contributed by atoms with E-state index >= 15 is 0 Å². The number of nitrogens with one attached hydrogen (secondary N) is 1. The minimum Gasteiger partial charge on any atom is -0.353 e. The van der Waals surface area contributed by atoms with Gasteiger partial charge in [-0.15, -0.1) is 0 Å². The molecule has 0 saturated heterocycles. The van der Waals surface area contributed by atoms with Crippen molar-refractivity contribution in [1.82, 2.24) is 19.8 Å². The van der Waals surface area contributed by atoms with Crippen molar-refractivity contribution in [1.29, 1.82) is 0 Å². The third-order valence-corrected chi connectivity index (χ3v) is 2.94. The number of nitrogens with zero attached hydrogens (tertiary/aromatic N) is 3. The van der Waals surface area contributed by atoms with Crippen molar-refractivity contribution in [2.24, 2.45) is 0 Å². The van der Waals surface area contributed by atoms with Gasteiger partial charge < -0.3 is 14.8 Å². The molecule has 1 heterocycles. The standard InChI is InChI=1S/C11H19ClN4O/c1-3-15(4-2)7-5-13-10(17)9-16-8-6-14-11(16)12/h6,8H,3-5,7,9H2,1-2H3,(H,13,17). The summed E-state index contributed by atoms with van der Waals surface area (Å²) in [6.07, 6.45) is 3.26. The van der Waals surface area contributed by atoms with Gasteiger partial charge >= 0.3 is 0 Å². The smallest absolute Gasteiger partial charge is 0.240 e. The van der Waals surface area contributed by atoms with Crippen LogP contribution in [-0.4, -0.2) is 46.5 Å². The Balaban J connectivity index is 2.24. The van der Waals surface area contributed by atoms with Gasteiger partial charge in [0, 0.05) is 25.5 Å². The third-order valence-electron chi connectivity index (χ3n) is 2.62. The first-order valence-corrected chi connectivity index (χ1v) is 6.20. The molecular formula is C11H19ClN4O. The number of carbonyl (C=O) groups is 1. The molecule has 0 spiro atoms. The van der Waals surface area contributed by atoms with Gasteiger partial charge in [-0.25, -0.2) is 4.98 Å². The minimum absolute atomic E-state index is 0.0444. The van der Waals surface area contributed by atoms with Gasteiger partial charge in [0.2, 0.25) is 11.2 Å². The molecule has 0 bridgehead atoms. The van der Waals surface area contributed by atoms with Crippen molar-refractivity contribution < 1.29 is 4.79 Å². The second-order valence-electron chi connectivity index (χ2n) is 3.70. The number of hydrogen-bond acceptors (Lipinski definition) is 3. The Kier molecular flexibility index (Phi) is 6.00. The van der Waals surface area contributed by atoms with Gasteiger partial charge in [0.1, 0.15) is 6.54 Å². The van der Waals surface area contributed by atoms with Crippen LogP contribution in [0.4, 0.5) is 0 Å². The Labute approximate surface area is 107 Å². The van der Waals surface area contributed by atoms with Crippen molar-refractivity contribution in [2.45, 2.75) is 20.4 Å². The molecule has 0 atom stereocenters. The Hall–Kier alpha value is -1.07. The zero-order chi connectivity index (χ0) is 12.7. The molecule has 0 aromatic carbocycles. The van der Waals surface area contributed by atoms with E-state index in [2.05, 4.69) is 29.0 Å². The molecule has 0 radical (unpaired) electrons. The maximum atomic E-state index is 11.6. The van der Waals surface area contributed by atoms with Crippen molar-refractivity contribution in [3.8, 4) is 0 Å². The van der Waals surface area contributed by atoms with Crippen molar-refractivity contribution in [2.75, 3.05) is 26.2 Å². The topological polar surface area (TPSA) is 50.2 Å². The summed E-state index contributed by atoms with van der Waals surface area (Å²) in [6, 6.07) is 0. The lowest BCUT2D eigenvalue weighted by Crippen LogP contribution is -2.36. The fourth-order valence-electron chi connectivity index (χ4n) is 1.53. The average Bonchev–Trinajstić information content (AvgIpc) is 2.71. The molecule has 1 aromatic rings. The summed E-state index contributed by atoms with van der Waals surface area (Å²) in [5.41, 5.74) is 0. The predicted octanol–water partition coefficient (Wildman–Crippen LogP) is 0.995. The molecule has 0 aliphatic heterocycles. The van der Waals surface area contributed by atoms with Crippen LogP contribution in [0.2, 0.25) is 5.28 Å². The Bertz CT molecular complexity index is 349. The molecule has 0 saturated carbocycles. The number of aromatic nitrogens is 2. The fourth-order valence-corrected chi connectivity index (χ4v) is 1.71. The molecule has 0 aliphatic carbocycles. The molecule has 0 aliphatic rings. The molecule has 1 rings (SSSR count). The summed E-state index contributed by atoms with van der Waals surface area (Å²) in [5, 5.41) is 3.20. The van der Waals surface area contributed by atoms with E-state index < -0.39 is 0 Å². The normalized spacial score (nSPS) is 10.8. The highest BCUT2D eigenvalue weighted by atomic mass is 35.5. The largest absolute Gasteiger partial charge is 0.353 e. The van der Waals surface area contributed by atoms with E-state index in [1.807, 2.05) is 0 Å². The van der Waals surface area contributed by atoms with Crippen molar-refractivity contribution in [3.05, 3.63) is 17.7 Å². The molecule has 0 unspecified atom stereocenters. The van der Waals surface area contributed by atoms with Crippen LogP contribution in [0, 0.1) is 0 Å². The first-order valence-electron chi connectivity index (χ1n) is 5.83. The van der Waals surface area contributed by atoms with E-state index in [4.69, 9.17) is 11.6 Å². The van der Waals surface area contributed by atoms with Gasteiger partial charge in [0.25, 0.3) is 0 Å². The monoisotopic (exact) mass is 258 g/mol. The lowest BCUT2D eigenvalue weighted by molar-refractivity contribution is -0.121. The van der Waals surface area contributed by atoms with E-state index in [0.29, 0.717) is 11.8 Å². The maximum Gasteiger partial charge on any atom is 0.240 e. The second-order valence-corrected chi connectivity index (χ2v) is 4.04. The SMILES string of the molecule is CCN(CC)CCNC(=O)Cn1ccnc1Cl. The number of likely N-dealkylation sites (N-methyl/N-ethyl adjacent to an activating group) is 1. The van der Waals surface area contributed by atoms with Crippen LogP contribution in [0.5, 0.6) is 0 Å². The Morgan fingerprint density at radius 2 is 2.24 bits per heavy atom. The lowest BCUT2D eigenvalue weighted by Gasteiger charge is -2.18. The summed E-state index contributed by atoms with van der Waals surface area (Å²) in [4.78, 5) is 17.7. The highest BCUT2D eigenvalue weighted by Gasteiger charge is 2.06. The molecular weight excluding hydrogens is 240 g/mol. The summed E-state index contributed by atoms with van der Waals surface area (Å²) in [7, 11) is 0. The highest BCUT2D eigenvalue weighted by Crippen LogP contribution is 2.03. The zero-order valence-corrected chi connectivity index (χ0v) is 11.1. The lowest BCUT2D eigenvalue weighted by atomic mass is 10.4. The molecule has 17 heavy (non-hydrogen) atoms. The summed E-state index contributed by atoms with van der Waals surface area (Å²) in [5.74, 6) is -0.0444. The molecule has 6 heteroatoms. The van der Waals surface area contributed by atoms with Crippen LogP contribution in [-0.2, 0) is 11.3 Å². The number of rotatable bonds is 7. The zero-order valence-electron chi connectivity index (χ0n) is 10.3. The minimum atomic E-state index is -0.0444. The Morgan fingerprint density at radius 1 is 1.53 bits per heavy atom. The highest BCUT2D eigenvalue weighted by molar-refractivity contribution is 6.28. The van der Waals surface area contributed by atoms with Crippen molar-refractivity contribution in [3.63, 3.8) is 0 Å². The van der Waals surface area contributed by atoms with Crippen molar-refractivity contribution >= 4 is 17.5 Å². The number of amides is 1. The first kappa shape index (κ1) is 14.0. The van der Waals surface area contributed by atoms with Crippen LogP contribution in [0.3, 0.4) is 0 Å². The van der Waals surface area contributed by atoms with Gasteiger partial charge in [-0.05, 0) is 24.7 Å². The molecule has 1 aromatic heterocycles. The molecule has 5 nitrogen and oxygen atoms in total. The summed E-state index contributed by atoms with van der Waals surface area (Å²) >= 11 is 5.78. The molecule has 1 N–H and O–H groups in total. The summed E-state index contributed by atoms with van der Waals surface area (Å²) < 4.78 is 1.61. The van der Waals surface area contributed by atoms with E-state index in [1.165, 1.54) is 0 Å². The summed E-state index contributed by atoms with van der Waals surface area (Å²) in [6.45, 7) is 7.97. The van der Waals surface area contributed by atoms with Crippen LogP contribution in [0.15, 0.2) is 12.4 Å². The fraction of sp³-hybridized carbons (Fsp3) is 0.636. The Morgan fingerprint density at radius 3 is 2.76 bits per heavy atom. The number of imidazole rings is 1. The van der Waals surface area contributed by atoms with Gasteiger partial charge in [0.05, 0.1) is 0 Å². The average molecular weight is 259 g/mol. The van der Waals surface area contributed by atoms with Gasteiger partial charge in [-0.2, -0.15) is 0 Å². The quantitative estimate of drug-likeness (QED) is 0.794. The number of hydrogen-bond donors (Lipinski definition) is 1. The predicted molar refractivity (Wildman–Crippen MR) is 68.0 cm³/mol. The first-order chi connectivity index (χ1) is 8.17. The van der Waals surface area contributed by atoms with E-state index in [-0.39, 0.29) is 12.5 Å².